The Hall–Kier alpha value is -3.37. The van der Waals surface area contributed by atoms with Crippen molar-refractivity contribution in [1.29, 1.82) is 0 Å². The molecule has 1 aliphatic rings. The molecule has 1 unspecified atom stereocenters. The Morgan fingerprint density at radius 2 is 1.93 bits per heavy atom. The summed E-state index contributed by atoms with van der Waals surface area (Å²) in [6.07, 6.45) is 0. The zero-order valence-electron chi connectivity index (χ0n) is 15.9. The Morgan fingerprint density at radius 1 is 1.21 bits per heavy atom. The lowest BCUT2D eigenvalue weighted by molar-refractivity contribution is -0.139. The van der Waals surface area contributed by atoms with Crippen LogP contribution in [0.25, 0.3) is 0 Å². The number of nitrogens with one attached hydrogen (secondary N) is 2. The van der Waals surface area contributed by atoms with Gasteiger partial charge in [-0.1, -0.05) is 6.07 Å². The van der Waals surface area contributed by atoms with Gasteiger partial charge in [0.05, 0.1) is 31.0 Å². The summed E-state index contributed by atoms with van der Waals surface area (Å²) in [5.74, 6) is -2.29. The van der Waals surface area contributed by atoms with Crippen molar-refractivity contribution in [3.63, 3.8) is 0 Å². The number of amides is 2. The highest BCUT2D eigenvalue weighted by Gasteiger charge is 2.31. The number of methoxy groups -OCH3 is 1. The molecule has 1 aromatic rings. The van der Waals surface area contributed by atoms with Crippen molar-refractivity contribution in [2.45, 2.75) is 26.5 Å². The van der Waals surface area contributed by atoms with E-state index in [4.69, 9.17) is 14.2 Å². The van der Waals surface area contributed by atoms with E-state index in [-0.39, 0.29) is 29.2 Å². The number of para-hydroxylation sites is 1. The van der Waals surface area contributed by atoms with Crippen LogP contribution in [0.1, 0.15) is 24.2 Å². The number of hydrogen-bond donors (Lipinski definition) is 2. The Labute approximate surface area is 164 Å². The van der Waals surface area contributed by atoms with E-state index in [0.29, 0.717) is 0 Å². The lowest BCUT2D eigenvalue weighted by Gasteiger charge is -2.26. The van der Waals surface area contributed by atoms with Gasteiger partial charge in [-0.25, -0.2) is 14.4 Å². The van der Waals surface area contributed by atoms with Crippen molar-refractivity contribution in [2.24, 2.45) is 0 Å². The zero-order chi connectivity index (χ0) is 21.6. The Bertz CT molecular complexity index is 826. The molecule has 0 aliphatic carbocycles. The minimum atomic E-state index is -3.19. The topological polar surface area (TPSA) is 112 Å². The molecule has 1 aromatic carbocycles. The first-order valence-electron chi connectivity index (χ1n) is 8.55. The van der Waals surface area contributed by atoms with Gasteiger partial charge < -0.3 is 29.6 Å². The summed E-state index contributed by atoms with van der Waals surface area (Å²) in [4.78, 5) is 36.3. The molecule has 0 spiro atoms. The maximum absolute atomic E-state index is 12.7. The lowest BCUT2D eigenvalue weighted by Crippen LogP contribution is -2.50. The highest BCUT2D eigenvalue weighted by Crippen LogP contribution is 2.33. The van der Waals surface area contributed by atoms with E-state index in [0.717, 1.165) is 0 Å². The number of urea groups is 1. The molecule has 1 heterocycles. The number of rotatable bonds is 8. The average molecular weight is 414 g/mol. The molecule has 2 N–H and O–H groups in total. The molecule has 2 amide bonds. The highest BCUT2D eigenvalue weighted by molar-refractivity contribution is 5.96. The van der Waals surface area contributed by atoms with E-state index in [1.165, 1.54) is 25.3 Å². The SMILES string of the molecule is CCOC(=O)C1=C(COC(=O)c2cccc(OC)c2OC(F)F)NC(=O)NC1C. The highest BCUT2D eigenvalue weighted by atomic mass is 19.3. The van der Waals surface area contributed by atoms with Gasteiger partial charge in [-0.2, -0.15) is 8.78 Å². The third kappa shape index (κ3) is 5.33. The molecule has 158 valence electrons. The molecule has 0 fully saturated rings. The number of carbonyl (C=O) groups is 3. The second-order valence-electron chi connectivity index (χ2n) is 5.72. The monoisotopic (exact) mass is 414 g/mol. The summed E-state index contributed by atoms with van der Waals surface area (Å²) in [5, 5.41) is 4.88. The zero-order valence-corrected chi connectivity index (χ0v) is 15.9. The number of esters is 2. The molecule has 0 bridgehead atoms. The molecule has 0 radical (unpaired) electrons. The fraction of sp³-hybridized carbons (Fsp3) is 0.389. The van der Waals surface area contributed by atoms with Crippen LogP contribution in [-0.4, -0.2) is 50.9 Å². The van der Waals surface area contributed by atoms with Crippen molar-refractivity contribution >= 4 is 18.0 Å². The summed E-state index contributed by atoms with van der Waals surface area (Å²) in [7, 11) is 1.23. The van der Waals surface area contributed by atoms with Gasteiger partial charge >= 0.3 is 24.6 Å². The number of alkyl halides is 2. The van der Waals surface area contributed by atoms with E-state index in [9.17, 15) is 23.2 Å². The molecular formula is C18H20F2N2O7. The number of ether oxygens (including phenoxy) is 4. The van der Waals surface area contributed by atoms with Crippen LogP contribution >= 0.6 is 0 Å². The van der Waals surface area contributed by atoms with Crippen molar-refractivity contribution in [3.05, 3.63) is 35.0 Å². The molecule has 0 saturated heterocycles. The molecule has 1 atom stereocenters. The van der Waals surface area contributed by atoms with Gasteiger partial charge in [0.1, 0.15) is 12.2 Å². The average Bonchev–Trinajstić information content (AvgIpc) is 2.65. The summed E-state index contributed by atoms with van der Waals surface area (Å²) in [6, 6.07) is 2.66. The van der Waals surface area contributed by atoms with E-state index in [2.05, 4.69) is 15.4 Å². The summed E-state index contributed by atoms with van der Waals surface area (Å²) >= 11 is 0. The fourth-order valence-corrected chi connectivity index (χ4v) is 2.66. The third-order valence-corrected chi connectivity index (χ3v) is 3.84. The van der Waals surface area contributed by atoms with Crippen molar-refractivity contribution in [2.75, 3.05) is 20.3 Å². The first-order valence-corrected chi connectivity index (χ1v) is 8.55. The van der Waals surface area contributed by atoms with Crippen molar-refractivity contribution < 1.29 is 42.1 Å². The second-order valence-corrected chi connectivity index (χ2v) is 5.72. The molecule has 11 heteroatoms. The number of benzene rings is 1. The maximum Gasteiger partial charge on any atom is 0.387 e. The van der Waals surface area contributed by atoms with Gasteiger partial charge in [0, 0.05) is 0 Å². The van der Waals surface area contributed by atoms with Crippen LogP contribution in [0.15, 0.2) is 29.5 Å². The van der Waals surface area contributed by atoms with E-state index in [1.54, 1.807) is 13.8 Å². The Balaban J connectivity index is 2.27. The van der Waals surface area contributed by atoms with Crippen LogP contribution in [0, 0.1) is 0 Å². The molecule has 0 aromatic heterocycles. The van der Waals surface area contributed by atoms with Crippen molar-refractivity contribution in [3.8, 4) is 11.5 Å². The first kappa shape index (κ1) is 21.9. The van der Waals surface area contributed by atoms with E-state index < -0.39 is 43.0 Å². The number of carbonyl (C=O) groups excluding carboxylic acids is 3. The van der Waals surface area contributed by atoms with Gasteiger partial charge in [0.2, 0.25) is 0 Å². The molecule has 1 aliphatic heterocycles. The summed E-state index contributed by atoms with van der Waals surface area (Å²) in [5.41, 5.74) is -0.211. The molecule has 29 heavy (non-hydrogen) atoms. The molecule has 2 rings (SSSR count). The fourth-order valence-electron chi connectivity index (χ4n) is 2.66. The Morgan fingerprint density at radius 3 is 2.55 bits per heavy atom. The van der Waals surface area contributed by atoms with Crippen LogP contribution in [-0.2, 0) is 14.3 Å². The van der Waals surface area contributed by atoms with Gasteiger partial charge in [0.25, 0.3) is 0 Å². The summed E-state index contributed by atoms with van der Waals surface area (Å²) < 4.78 is 44.8. The molecular weight excluding hydrogens is 394 g/mol. The second kappa shape index (κ2) is 9.71. The minimum absolute atomic E-state index is 0.0206. The van der Waals surface area contributed by atoms with Gasteiger partial charge in [-0.05, 0) is 26.0 Å². The van der Waals surface area contributed by atoms with Crippen LogP contribution < -0.4 is 20.1 Å². The quantitative estimate of drug-likeness (QED) is 0.626. The smallest absolute Gasteiger partial charge is 0.387 e. The van der Waals surface area contributed by atoms with Gasteiger partial charge in [0.15, 0.2) is 11.5 Å². The minimum Gasteiger partial charge on any atom is -0.493 e. The maximum atomic E-state index is 12.7. The molecule has 0 saturated carbocycles. The van der Waals surface area contributed by atoms with Crippen molar-refractivity contribution in [1.82, 2.24) is 10.6 Å². The van der Waals surface area contributed by atoms with Crippen LogP contribution in [0.5, 0.6) is 11.5 Å². The first-order chi connectivity index (χ1) is 13.8. The normalized spacial score (nSPS) is 16.1. The standard InChI is InChI=1S/C18H20F2N2O7/c1-4-27-16(24)13-9(2)21-18(25)22-11(13)8-28-15(23)10-6-5-7-12(26-3)14(10)29-17(19)20/h5-7,9,17H,4,8H2,1-3H3,(H2,21,22,25). The van der Waals surface area contributed by atoms with Crippen LogP contribution in [0.3, 0.4) is 0 Å². The Kier molecular flexibility index (Phi) is 7.34. The largest absolute Gasteiger partial charge is 0.493 e. The van der Waals surface area contributed by atoms with Gasteiger partial charge in [-0.15, -0.1) is 0 Å². The van der Waals surface area contributed by atoms with E-state index >= 15 is 0 Å². The molecule has 9 nitrogen and oxygen atoms in total. The van der Waals surface area contributed by atoms with Crippen LogP contribution in [0.4, 0.5) is 13.6 Å². The third-order valence-electron chi connectivity index (χ3n) is 3.84. The summed E-state index contributed by atoms with van der Waals surface area (Å²) in [6.45, 7) is -0.417. The van der Waals surface area contributed by atoms with Crippen LogP contribution in [0.2, 0.25) is 0 Å². The lowest BCUT2D eigenvalue weighted by atomic mass is 10.0. The van der Waals surface area contributed by atoms with Gasteiger partial charge in [-0.3, -0.25) is 0 Å². The predicted molar refractivity (Wildman–Crippen MR) is 94.7 cm³/mol. The number of hydrogen-bond acceptors (Lipinski definition) is 7. The predicted octanol–water partition coefficient (Wildman–Crippen LogP) is 1.97. The number of halogens is 2. The van der Waals surface area contributed by atoms with E-state index in [1.807, 2.05) is 0 Å².